The number of carbonyl (C=O) groups excluding carboxylic acids is 2. The standard InChI is InChI=1S/C27H33N3O4S/c1-17(31)28-9-11-34-23-15-19-18(13-22(23)33-5)8-10-30-21(26(32)29-16-27(2,3)4)14-20(25(19)30)24-7-6-12-35-24/h6-7,12-15H,8-11,16H2,1-5H3,(H,28,31)(H,29,32). The van der Waals surface area contributed by atoms with Crippen LogP contribution in [0.4, 0.5) is 0 Å². The number of aromatic nitrogens is 1. The maximum absolute atomic E-state index is 13.2. The highest BCUT2D eigenvalue weighted by molar-refractivity contribution is 7.13. The van der Waals surface area contributed by atoms with Crippen LogP contribution in [0, 0.1) is 5.41 Å². The number of hydrogen-bond acceptors (Lipinski definition) is 5. The Hall–Kier alpha value is -3.26. The summed E-state index contributed by atoms with van der Waals surface area (Å²) in [6.07, 6.45) is 0.781. The Morgan fingerprint density at radius 2 is 1.91 bits per heavy atom. The molecule has 3 aromatic rings. The minimum absolute atomic E-state index is 0.00377. The highest BCUT2D eigenvalue weighted by Gasteiger charge is 2.28. The van der Waals surface area contributed by atoms with Crippen LogP contribution in [0.1, 0.15) is 43.7 Å². The fraction of sp³-hybridized carbons (Fsp3) is 0.407. The second-order valence-electron chi connectivity index (χ2n) is 9.91. The van der Waals surface area contributed by atoms with Gasteiger partial charge in [-0.05, 0) is 47.0 Å². The Balaban J connectivity index is 1.76. The topological polar surface area (TPSA) is 81.6 Å². The lowest BCUT2D eigenvalue weighted by Crippen LogP contribution is -2.33. The fourth-order valence-electron chi connectivity index (χ4n) is 4.24. The summed E-state index contributed by atoms with van der Waals surface area (Å²) >= 11 is 1.66. The van der Waals surface area contributed by atoms with E-state index in [9.17, 15) is 9.59 Å². The van der Waals surface area contributed by atoms with Gasteiger partial charge in [-0.1, -0.05) is 26.8 Å². The van der Waals surface area contributed by atoms with Crippen molar-refractivity contribution in [2.24, 2.45) is 5.41 Å². The molecule has 0 unspecified atom stereocenters. The molecule has 35 heavy (non-hydrogen) atoms. The molecule has 8 heteroatoms. The van der Waals surface area contributed by atoms with Gasteiger partial charge in [-0.2, -0.15) is 0 Å². The van der Waals surface area contributed by atoms with E-state index in [0.29, 0.717) is 43.4 Å². The van der Waals surface area contributed by atoms with Crippen LogP contribution >= 0.6 is 11.3 Å². The van der Waals surface area contributed by atoms with Gasteiger partial charge in [0.1, 0.15) is 12.3 Å². The summed E-state index contributed by atoms with van der Waals surface area (Å²) < 4.78 is 13.7. The van der Waals surface area contributed by atoms with Gasteiger partial charge >= 0.3 is 0 Å². The maximum Gasteiger partial charge on any atom is 0.267 e. The zero-order valence-corrected chi connectivity index (χ0v) is 21.8. The van der Waals surface area contributed by atoms with Crippen LogP contribution in [-0.4, -0.2) is 43.2 Å². The SMILES string of the molecule is COc1cc2c(cc1OCCNC(C)=O)-c1c(-c3cccs3)cc(C(=O)NCC(C)(C)C)n1CC2. The Morgan fingerprint density at radius 3 is 2.57 bits per heavy atom. The number of fused-ring (bicyclic) bond motifs is 3. The molecule has 0 bridgehead atoms. The molecule has 1 aromatic carbocycles. The van der Waals surface area contributed by atoms with E-state index in [1.54, 1.807) is 18.4 Å². The summed E-state index contributed by atoms with van der Waals surface area (Å²) in [6, 6.07) is 10.1. The molecule has 0 spiro atoms. The molecular formula is C27H33N3O4S. The van der Waals surface area contributed by atoms with Gasteiger partial charge in [-0.25, -0.2) is 0 Å². The van der Waals surface area contributed by atoms with Crippen LogP contribution in [0.2, 0.25) is 0 Å². The Bertz CT molecular complexity index is 1220. The minimum Gasteiger partial charge on any atom is -0.493 e. The molecule has 4 rings (SSSR count). The number of methoxy groups -OCH3 is 1. The van der Waals surface area contributed by atoms with Crippen LogP contribution in [0.5, 0.6) is 11.5 Å². The van der Waals surface area contributed by atoms with Crippen LogP contribution in [0.3, 0.4) is 0 Å². The second kappa shape index (κ2) is 10.2. The van der Waals surface area contributed by atoms with Gasteiger partial charge in [-0.3, -0.25) is 9.59 Å². The molecule has 0 saturated carbocycles. The van der Waals surface area contributed by atoms with Crippen molar-refractivity contribution >= 4 is 23.2 Å². The highest BCUT2D eigenvalue weighted by Crippen LogP contribution is 2.45. The normalized spacial score (nSPS) is 12.5. The lowest BCUT2D eigenvalue weighted by molar-refractivity contribution is -0.119. The van der Waals surface area contributed by atoms with Gasteiger partial charge in [0.05, 0.1) is 19.3 Å². The number of nitrogens with one attached hydrogen (secondary N) is 2. The van der Waals surface area contributed by atoms with Gasteiger partial charge in [0, 0.05) is 36.0 Å². The average Bonchev–Trinajstić information content (AvgIpc) is 3.47. The summed E-state index contributed by atoms with van der Waals surface area (Å²) in [4.78, 5) is 25.5. The van der Waals surface area contributed by atoms with Gasteiger partial charge in [-0.15, -0.1) is 11.3 Å². The lowest BCUT2D eigenvalue weighted by atomic mass is 9.95. The van der Waals surface area contributed by atoms with E-state index >= 15 is 0 Å². The minimum atomic E-state index is -0.0957. The number of amides is 2. The predicted molar refractivity (Wildman–Crippen MR) is 139 cm³/mol. The number of aryl methyl sites for hydroxylation is 1. The van der Waals surface area contributed by atoms with Gasteiger partial charge < -0.3 is 24.7 Å². The first kappa shape index (κ1) is 24.9. The van der Waals surface area contributed by atoms with Crippen LogP contribution in [0.15, 0.2) is 35.7 Å². The first-order valence-corrected chi connectivity index (χ1v) is 12.7. The number of rotatable bonds is 8. The molecular weight excluding hydrogens is 462 g/mol. The monoisotopic (exact) mass is 495 g/mol. The second-order valence-corrected chi connectivity index (χ2v) is 10.9. The van der Waals surface area contributed by atoms with Crippen molar-refractivity contribution in [3.05, 3.63) is 47.0 Å². The van der Waals surface area contributed by atoms with Crippen molar-refractivity contribution in [2.75, 3.05) is 26.8 Å². The lowest BCUT2D eigenvalue weighted by Gasteiger charge is -2.25. The number of nitrogens with zero attached hydrogens (tertiary/aromatic N) is 1. The first-order valence-electron chi connectivity index (χ1n) is 11.8. The van der Waals surface area contributed by atoms with Crippen molar-refractivity contribution in [1.82, 2.24) is 15.2 Å². The van der Waals surface area contributed by atoms with E-state index in [4.69, 9.17) is 9.47 Å². The molecule has 3 heterocycles. The molecule has 0 atom stereocenters. The summed E-state index contributed by atoms with van der Waals surface area (Å²) in [5.41, 5.74) is 4.91. The molecule has 1 aliphatic rings. The maximum atomic E-state index is 13.2. The molecule has 0 saturated heterocycles. The van der Waals surface area contributed by atoms with Crippen molar-refractivity contribution in [1.29, 1.82) is 0 Å². The highest BCUT2D eigenvalue weighted by atomic mass is 32.1. The van der Waals surface area contributed by atoms with Crippen LogP contribution in [-0.2, 0) is 17.8 Å². The van der Waals surface area contributed by atoms with Crippen molar-refractivity contribution in [3.8, 4) is 33.2 Å². The molecule has 0 fully saturated rings. The van der Waals surface area contributed by atoms with E-state index in [-0.39, 0.29) is 17.2 Å². The van der Waals surface area contributed by atoms with E-state index in [2.05, 4.69) is 42.0 Å². The third-order valence-corrected chi connectivity index (χ3v) is 6.78. The number of benzene rings is 1. The van der Waals surface area contributed by atoms with Gasteiger partial charge in [0.2, 0.25) is 5.91 Å². The number of thiophene rings is 1. The van der Waals surface area contributed by atoms with Crippen molar-refractivity contribution in [3.63, 3.8) is 0 Å². The number of ether oxygens (including phenoxy) is 2. The summed E-state index contributed by atoms with van der Waals surface area (Å²) in [6.45, 7) is 9.84. The quantitative estimate of drug-likeness (QED) is 0.443. The fourth-order valence-corrected chi connectivity index (χ4v) is 4.98. The molecule has 1 aliphatic heterocycles. The molecule has 2 aromatic heterocycles. The first-order chi connectivity index (χ1) is 16.7. The predicted octanol–water partition coefficient (Wildman–Crippen LogP) is 4.74. The molecule has 2 N–H and O–H groups in total. The zero-order valence-electron chi connectivity index (χ0n) is 21.0. The molecule has 186 valence electrons. The van der Waals surface area contributed by atoms with Gasteiger partial charge in [0.25, 0.3) is 5.91 Å². The van der Waals surface area contributed by atoms with Gasteiger partial charge in [0.15, 0.2) is 11.5 Å². The molecule has 0 aliphatic carbocycles. The number of carbonyl (C=O) groups is 2. The smallest absolute Gasteiger partial charge is 0.267 e. The average molecular weight is 496 g/mol. The molecule has 7 nitrogen and oxygen atoms in total. The molecule has 2 amide bonds. The third-order valence-electron chi connectivity index (χ3n) is 5.88. The third kappa shape index (κ3) is 5.53. The van der Waals surface area contributed by atoms with E-state index in [1.165, 1.54) is 6.92 Å². The number of hydrogen-bond donors (Lipinski definition) is 2. The Morgan fingerprint density at radius 1 is 1.11 bits per heavy atom. The summed E-state index contributed by atoms with van der Waals surface area (Å²) in [5, 5.41) is 7.90. The Labute approximate surface area is 210 Å². The molecule has 0 radical (unpaired) electrons. The van der Waals surface area contributed by atoms with Crippen LogP contribution in [0.25, 0.3) is 21.7 Å². The zero-order chi connectivity index (χ0) is 25.2. The van der Waals surface area contributed by atoms with Crippen molar-refractivity contribution in [2.45, 2.75) is 40.7 Å². The summed E-state index contributed by atoms with van der Waals surface area (Å²) in [7, 11) is 1.63. The van der Waals surface area contributed by atoms with Crippen molar-refractivity contribution < 1.29 is 19.1 Å². The summed E-state index contributed by atoms with van der Waals surface area (Å²) in [5.74, 6) is 1.11. The van der Waals surface area contributed by atoms with E-state index < -0.39 is 0 Å². The largest absolute Gasteiger partial charge is 0.493 e. The van der Waals surface area contributed by atoms with E-state index in [0.717, 1.165) is 33.7 Å². The Kier molecular flexibility index (Phi) is 7.21. The van der Waals surface area contributed by atoms with Crippen LogP contribution < -0.4 is 20.1 Å². The van der Waals surface area contributed by atoms with E-state index in [1.807, 2.05) is 29.6 Å².